The molecule has 0 fully saturated rings. The van der Waals surface area contributed by atoms with Gasteiger partial charge in [-0.2, -0.15) is 4.31 Å². The molecule has 174 valence electrons. The van der Waals surface area contributed by atoms with Crippen LogP contribution in [-0.4, -0.2) is 23.8 Å². The third kappa shape index (κ3) is 4.65. The lowest BCUT2D eigenvalue weighted by Crippen LogP contribution is -2.30. The normalized spacial score (nSPS) is 13.9. The van der Waals surface area contributed by atoms with Crippen molar-refractivity contribution in [3.05, 3.63) is 109 Å². The summed E-state index contributed by atoms with van der Waals surface area (Å²) in [5, 5.41) is 0.461. The Morgan fingerprint density at radius 2 is 1.82 bits per heavy atom. The molecular formula is C24H20ClN3O4S2. The molecule has 0 saturated heterocycles. The smallest absolute Gasteiger partial charge is 0.270 e. The Morgan fingerprint density at radius 1 is 1.06 bits per heavy atom. The molecule has 0 N–H and O–H groups in total. The Morgan fingerprint density at radius 3 is 2.56 bits per heavy atom. The Labute approximate surface area is 204 Å². The standard InChI is InChI=1S/C24H20ClN3O4S2/c25-18-6-10-21(11-7-18)34(30,31)27(15-17-4-2-1-3-5-17)16-20-9-8-19(32-20)14-22-23(29)28-13-12-26-24(28)33-22/h1-11,14H,12-13,15-16H2/b22-14-. The summed E-state index contributed by atoms with van der Waals surface area (Å²) in [7, 11) is -3.83. The lowest BCUT2D eigenvalue weighted by atomic mass is 10.2. The van der Waals surface area contributed by atoms with Gasteiger partial charge in [0.05, 0.1) is 22.5 Å². The van der Waals surface area contributed by atoms with Crippen molar-refractivity contribution >= 4 is 39.0 Å². The maximum atomic E-state index is 13.5. The van der Waals surface area contributed by atoms with Crippen LogP contribution in [0.15, 0.2) is 85.8 Å². The lowest BCUT2D eigenvalue weighted by molar-refractivity contribution is 0.357. The third-order valence-corrected chi connectivity index (χ3v) is 8.50. The Balaban J connectivity index is 1.46. The summed E-state index contributed by atoms with van der Waals surface area (Å²) >= 11 is 7.27. The maximum absolute atomic E-state index is 13.5. The number of aromatic nitrogens is 1. The van der Waals surface area contributed by atoms with E-state index < -0.39 is 10.0 Å². The second-order valence-corrected chi connectivity index (χ2v) is 11.1. The first-order chi connectivity index (χ1) is 16.4. The summed E-state index contributed by atoms with van der Waals surface area (Å²) < 4.78 is 36.4. The van der Waals surface area contributed by atoms with Gasteiger partial charge in [-0.25, -0.2) is 8.42 Å². The first-order valence-electron chi connectivity index (χ1n) is 10.5. The largest absolute Gasteiger partial charge is 0.460 e. The molecule has 7 nitrogen and oxygen atoms in total. The molecule has 2 aromatic carbocycles. The molecule has 34 heavy (non-hydrogen) atoms. The van der Waals surface area contributed by atoms with E-state index in [4.69, 9.17) is 16.0 Å². The van der Waals surface area contributed by atoms with Gasteiger partial charge in [-0.05, 0) is 42.0 Å². The van der Waals surface area contributed by atoms with Crippen LogP contribution in [0.5, 0.6) is 0 Å². The van der Waals surface area contributed by atoms with Gasteiger partial charge in [0.2, 0.25) is 10.0 Å². The number of nitrogens with zero attached hydrogens (tertiary/aromatic N) is 3. The molecule has 0 amide bonds. The summed E-state index contributed by atoms with van der Waals surface area (Å²) in [6.45, 7) is 1.43. The van der Waals surface area contributed by atoms with Crippen LogP contribution in [0.3, 0.4) is 0 Å². The van der Waals surface area contributed by atoms with Crippen LogP contribution >= 0.6 is 22.9 Å². The molecule has 0 bridgehead atoms. The number of hydrogen-bond donors (Lipinski definition) is 0. The lowest BCUT2D eigenvalue weighted by Gasteiger charge is -2.21. The number of halogens is 1. The minimum Gasteiger partial charge on any atom is -0.460 e. The minimum absolute atomic E-state index is 0.0307. The molecule has 0 aliphatic carbocycles. The Kier molecular flexibility index (Phi) is 6.26. The molecule has 0 unspecified atom stereocenters. The van der Waals surface area contributed by atoms with Crippen LogP contribution in [0.2, 0.25) is 5.02 Å². The summed E-state index contributed by atoms with van der Waals surface area (Å²) in [5.41, 5.74) is 0.762. The number of thiazole rings is 1. The van der Waals surface area contributed by atoms with Crippen molar-refractivity contribution in [1.82, 2.24) is 8.87 Å². The van der Waals surface area contributed by atoms with Gasteiger partial charge >= 0.3 is 0 Å². The van der Waals surface area contributed by atoms with Crippen molar-refractivity contribution in [3.63, 3.8) is 0 Å². The van der Waals surface area contributed by atoms with Gasteiger partial charge in [0.1, 0.15) is 11.5 Å². The van der Waals surface area contributed by atoms with Crippen molar-refractivity contribution < 1.29 is 12.8 Å². The van der Waals surface area contributed by atoms with Crippen LogP contribution in [0, 0.1) is 0 Å². The van der Waals surface area contributed by atoms with E-state index in [0.29, 0.717) is 39.0 Å². The Bertz CT molecular complexity index is 1610. The van der Waals surface area contributed by atoms with Crippen LogP contribution in [0.25, 0.3) is 6.08 Å². The molecule has 10 heteroatoms. The number of sulfonamides is 1. The van der Waals surface area contributed by atoms with E-state index in [2.05, 4.69) is 4.99 Å². The van der Waals surface area contributed by atoms with Crippen LogP contribution in [-0.2, 0) is 29.7 Å². The number of hydrogen-bond acceptors (Lipinski definition) is 6. The summed E-state index contributed by atoms with van der Waals surface area (Å²) in [4.78, 5) is 17.7. The number of fused-ring (bicyclic) bond motifs is 1. The van der Waals surface area contributed by atoms with E-state index in [9.17, 15) is 13.2 Å². The van der Waals surface area contributed by atoms with Crippen molar-refractivity contribution in [3.8, 4) is 0 Å². The molecule has 4 aromatic rings. The fourth-order valence-corrected chi connectivity index (χ4v) is 6.23. The zero-order valence-electron chi connectivity index (χ0n) is 17.9. The van der Waals surface area contributed by atoms with Crippen LogP contribution in [0.1, 0.15) is 17.1 Å². The van der Waals surface area contributed by atoms with Crippen molar-refractivity contribution in [2.75, 3.05) is 6.54 Å². The maximum Gasteiger partial charge on any atom is 0.270 e. The third-order valence-electron chi connectivity index (χ3n) is 5.40. The van der Waals surface area contributed by atoms with E-state index in [-0.39, 0.29) is 23.5 Å². The fraction of sp³-hybridized carbons (Fsp3) is 0.167. The zero-order chi connectivity index (χ0) is 23.7. The van der Waals surface area contributed by atoms with Gasteiger partial charge in [-0.1, -0.05) is 53.3 Å². The number of benzene rings is 2. The highest BCUT2D eigenvalue weighted by atomic mass is 35.5. The number of furan rings is 1. The quantitative estimate of drug-likeness (QED) is 0.380. The van der Waals surface area contributed by atoms with Crippen LogP contribution < -0.4 is 14.9 Å². The van der Waals surface area contributed by atoms with Crippen molar-refractivity contribution in [2.24, 2.45) is 4.99 Å². The van der Waals surface area contributed by atoms with Crippen molar-refractivity contribution in [2.45, 2.75) is 24.5 Å². The SMILES string of the molecule is O=c1/c(=C/c2ccc(CN(Cc3ccccc3)S(=O)(=O)c3ccc(Cl)cc3)o2)sc2n1CCN=2. The van der Waals surface area contributed by atoms with Gasteiger partial charge in [0.15, 0.2) is 4.80 Å². The van der Waals surface area contributed by atoms with E-state index in [1.165, 1.54) is 27.8 Å². The second-order valence-electron chi connectivity index (χ2n) is 7.75. The zero-order valence-corrected chi connectivity index (χ0v) is 20.3. The van der Waals surface area contributed by atoms with Gasteiger partial charge in [-0.3, -0.25) is 14.4 Å². The van der Waals surface area contributed by atoms with E-state index in [1.807, 2.05) is 30.3 Å². The van der Waals surface area contributed by atoms with Gasteiger partial charge in [-0.15, -0.1) is 0 Å². The van der Waals surface area contributed by atoms with Gasteiger partial charge < -0.3 is 4.42 Å². The van der Waals surface area contributed by atoms with Gasteiger partial charge in [0, 0.05) is 24.2 Å². The van der Waals surface area contributed by atoms with Crippen LogP contribution in [0.4, 0.5) is 0 Å². The first-order valence-corrected chi connectivity index (χ1v) is 13.2. The molecule has 3 heterocycles. The second kappa shape index (κ2) is 9.34. The fourth-order valence-electron chi connectivity index (χ4n) is 3.70. The Hall–Kier alpha value is -2.98. The molecule has 0 atom stereocenters. The average Bonchev–Trinajstić information content (AvgIpc) is 3.54. The summed E-state index contributed by atoms with van der Waals surface area (Å²) in [6, 6.07) is 18.9. The highest BCUT2D eigenvalue weighted by Gasteiger charge is 2.26. The number of rotatable bonds is 7. The molecule has 1 aliphatic heterocycles. The topological polar surface area (TPSA) is 84.9 Å². The van der Waals surface area contributed by atoms with Crippen molar-refractivity contribution in [1.29, 1.82) is 0 Å². The van der Waals surface area contributed by atoms with E-state index in [0.717, 1.165) is 5.56 Å². The summed E-state index contributed by atoms with van der Waals surface area (Å²) in [5.74, 6) is 0.949. The molecule has 2 aromatic heterocycles. The molecule has 0 spiro atoms. The molecule has 1 aliphatic rings. The minimum atomic E-state index is -3.83. The highest BCUT2D eigenvalue weighted by Crippen LogP contribution is 2.23. The van der Waals surface area contributed by atoms with E-state index in [1.54, 1.807) is 34.9 Å². The average molecular weight is 514 g/mol. The predicted molar refractivity (Wildman–Crippen MR) is 131 cm³/mol. The van der Waals surface area contributed by atoms with E-state index >= 15 is 0 Å². The first kappa shape index (κ1) is 22.8. The molecule has 0 radical (unpaired) electrons. The molecular weight excluding hydrogens is 494 g/mol. The molecule has 0 saturated carbocycles. The molecule has 5 rings (SSSR count). The predicted octanol–water partition coefficient (Wildman–Crippen LogP) is 3.01. The highest BCUT2D eigenvalue weighted by molar-refractivity contribution is 7.89. The van der Waals surface area contributed by atoms with Gasteiger partial charge in [0.25, 0.3) is 5.56 Å². The summed E-state index contributed by atoms with van der Waals surface area (Å²) in [6.07, 6.45) is 1.67. The monoisotopic (exact) mass is 513 g/mol.